The van der Waals surface area contributed by atoms with Gasteiger partial charge in [-0.2, -0.15) is 0 Å². The number of anilines is 2. The monoisotopic (exact) mass is 342 g/mol. The summed E-state index contributed by atoms with van der Waals surface area (Å²) in [6.45, 7) is 1.43. The zero-order valence-corrected chi connectivity index (χ0v) is 13.8. The molecular formula is C16H14N4O3S. The second-order valence-corrected chi connectivity index (χ2v) is 5.93. The number of ether oxygens (including phenoxy) is 1. The first-order chi connectivity index (χ1) is 11.6. The van der Waals surface area contributed by atoms with Crippen LogP contribution in [0, 0.1) is 0 Å². The van der Waals surface area contributed by atoms with Crippen molar-refractivity contribution in [2.45, 2.75) is 6.92 Å². The maximum Gasteiger partial charge on any atom is 0.261 e. The largest absolute Gasteiger partial charge is 0.480 e. The third-order valence-corrected chi connectivity index (χ3v) is 4.07. The van der Waals surface area contributed by atoms with Crippen molar-refractivity contribution in [3.05, 3.63) is 42.1 Å². The molecular weight excluding hydrogens is 328 g/mol. The first-order valence-corrected chi connectivity index (χ1v) is 7.87. The molecule has 0 atom stereocenters. The summed E-state index contributed by atoms with van der Waals surface area (Å²) < 4.78 is 5.95. The van der Waals surface area contributed by atoms with Gasteiger partial charge in [0.1, 0.15) is 5.56 Å². The number of hydrogen-bond donors (Lipinski definition) is 2. The van der Waals surface area contributed by atoms with Crippen molar-refractivity contribution in [2.24, 2.45) is 0 Å². The number of nitrogens with zero attached hydrogens (tertiary/aromatic N) is 2. The number of amides is 2. The fraction of sp³-hybridized carbons (Fsp3) is 0.125. The lowest BCUT2D eigenvalue weighted by molar-refractivity contribution is -0.114. The Bertz CT molecular complexity index is 923. The van der Waals surface area contributed by atoms with Crippen LogP contribution in [0.25, 0.3) is 10.2 Å². The fourth-order valence-corrected chi connectivity index (χ4v) is 3.08. The van der Waals surface area contributed by atoms with Gasteiger partial charge in [-0.25, -0.2) is 9.97 Å². The van der Waals surface area contributed by atoms with E-state index in [1.807, 2.05) is 0 Å². The smallest absolute Gasteiger partial charge is 0.261 e. The van der Waals surface area contributed by atoms with Crippen LogP contribution < -0.4 is 15.4 Å². The van der Waals surface area contributed by atoms with Crippen molar-refractivity contribution in [1.29, 1.82) is 0 Å². The van der Waals surface area contributed by atoms with Crippen molar-refractivity contribution in [3.8, 4) is 5.88 Å². The highest BCUT2D eigenvalue weighted by atomic mass is 32.1. The molecule has 2 N–H and O–H groups in total. The molecule has 0 aliphatic heterocycles. The molecule has 0 radical (unpaired) electrons. The molecule has 2 aromatic heterocycles. The topological polar surface area (TPSA) is 93.2 Å². The van der Waals surface area contributed by atoms with Gasteiger partial charge in [-0.05, 0) is 30.3 Å². The molecule has 0 spiro atoms. The third-order valence-electron chi connectivity index (χ3n) is 3.14. The van der Waals surface area contributed by atoms with Gasteiger partial charge in [0.25, 0.3) is 5.91 Å². The molecule has 0 bridgehead atoms. The second-order valence-electron chi connectivity index (χ2n) is 4.90. The summed E-state index contributed by atoms with van der Waals surface area (Å²) in [5.41, 5.74) is 1.72. The number of benzene rings is 1. The highest BCUT2D eigenvalue weighted by Crippen LogP contribution is 2.28. The van der Waals surface area contributed by atoms with Crippen LogP contribution in [0.5, 0.6) is 5.88 Å². The number of thiazole rings is 1. The summed E-state index contributed by atoms with van der Waals surface area (Å²) in [5, 5.41) is 5.98. The summed E-state index contributed by atoms with van der Waals surface area (Å²) in [7, 11) is 1.46. The lowest BCUT2D eigenvalue weighted by atomic mass is 10.2. The van der Waals surface area contributed by atoms with Gasteiger partial charge < -0.3 is 15.4 Å². The first kappa shape index (κ1) is 15.9. The fourth-order valence-electron chi connectivity index (χ4n) is 2.13. The zero-order chi connectivity index (χ0) is 17.1. The van der Waals surface area contributed by atoms with Gasteiger partial charge in [-0.1, -0.05) is 11.3 Å². The molecule has 1 aromatic carbocycles. The van der Waals surface area contributed by atoms with Crippen LogP contribution in [0.1, 0.15) is 17.3 Å². The number of carbonyl (C=O) groups excluding carboxylic acids is 2. The molecule has 2 heterocycles. The Labute approximate surface area is 141 Å². The van der Waals surface area contributed by atoms with Gasteiger partial charge in [0, 0.05) is 18.8 Å². The normalized spacial score (nSPS) is 10.4. The lowest BCUT2D eigenvalue weighted by Crippen LogP contribution is -2.13. The van der Waals surface area contributed by atoms with Crippen molar-refractivity contribution in [1.82, 2.24) is 9.97 Å². The molecule has 2 amide bonds. The predicted octanol–water partition coefficient (Wildman–Crippen LogP) is 2.91. The molecule has 3 rings (SSSR count). The highest BCUT2D eigenvalue weighted by Gasteiger charge is 2.14. The number of fused-ring (bicyclic) bond motifs is 1. The molecule has 0 saturated carbocycles. The standard InChI is InChI=1S/C16H14N4O3S/c1-9(21)18-16-20-12-6-5-10(8-13(12)24-16)19-14(22)11-4-3-7-17-15(11)23-2/h3-8H,1-2H3,(H,19,22)(H,18,20,21). The maximum atomic E-state index is 12.4. The maximum absolute atomic E-state index is 12.4. The molecule has 0 fully saturated rings. The first-order valence-electron chi connectivity index (χ1n) is 7.05. The summed E-state index contributed by atoms with van der Waals surface area (Å²) in [6.07, 6.45) is 1.56. The molecule has 3 aromatic rings. The van der Waals surface area contributed by atoms with Crippen LogP contribution in [-0.4, -0.2) is 28.9 Å². The Morgan fingerprint density at radius 2 is 2.04 bits per heavy atom. The highest BCUT2D eigenvalue weighted by molar-refractivity contribution is 7.22. The minimum atomic E-state index is -0.314. The Morgan fingerprint density at radius 3 is 2.79 bits per heavy atom. The van der Waals surface area contributed by atoms with Crippen molar-refractivity contribution >= 4 is 44.2 Å². The van der Waals surface area contributed by atoms with Crippen LogP contribution in [0.2, 0.25) is 0 Å². The van der Waals surface area contributed by atoms with E-state index in [1.165, 1.54) is 25.4 Å². The summed E-state index contributed by atoms with van der Waals surface area (Å²) in [6, 6.07) is 8.65. The van der Waals surface area contributed by atoms with Gasteiger partial charge in [-0.3, -0.25) is 9.59 Å². The minimum absolute atomic E-state index is 0.175. The summed E-state index contributed by atoms with van der Waals surface area (Å²) in [5.74, 6) is -0.223. The van der Waals surface area contributed by atoms with Gasteiger partial charge in [-0.15, -0.1) is 0 Å². The number of pyridine rings is 1. The molecule has 7 nitrogen and oxygen atoms in total. The van der Waals surface area contributed by atoms with Crippen LogP contribution in [-0.2, 0) is 4.79 Å². The molecule has 8 heteroatoms. The van der Waals surface area contributed by atoms with E-state index in [2.05, 4.69) is 20.6 Å². The number of hydrogen-bond acceptors (Lipinski definition) is 6. The number of rotatable bonds is 4. The Morgan fingerprint density at radius 1 is 1.21 bits per heavy atom. The average Bonchev–Trinajstić information content (AvgIpc) is 2.95. The molecule has 122 valence electrons. The summed E-state index contributed by atoms with van der Waals surface area (Å²) in [4.78, 5) is 31.8. The van der Waals surface area contributed by atoms with Crippen molar-refractivity contribution in [3.63, 3.8) is 0 Å². The number of aromatic nitrogens is 2. The van der Waals surface area contributed by atoms with E-state index in [9.17, 15) is 9.59 Å². The SMILES string of the molecule is COc1ncccc1C(=O)Nc1ccc2nc(NC(C)=O)sc2c1. The average molecular weight is 342 g/mol. The molecule has 0 aliphatic carbocycles. The van der Waals surface area contributed by atoms with Gasteiger partial charge >= 0.3 is 0 Å². The van der Waals surface area contributed by atoms with E-state index in [4.69, 9.17) is 4.74 Å². The van der Waals surface area contributed by atoms with Crippen molar-refractivity contribution < 1.29 is 14.3 Å². The Hall–Kier alpha value is -3.00. The minimum Gasteiger partial charge on any atom is -0.480 e. The Kier molecular flexibility index (Phi) is 4.39. The summed E-state index contributed by atoms with van der Waals surface area (Å²) >= 11 is 1.34. The van der Waals surface area contributed by atoms with E-state index < -0.39 is 0 Å². The predicted molar refractivity (Wildman–Crippen MR) is 92.7 cm³/mol. The van der Waals surface area contributed by atoms with E-state index in [0.717, 1.165) is 10.2 Å². The lowest BCUT2D eigenvalue weighted by Gasteiger charge is -2.08. The second kappa shape index (κ2) is 6.63. The number of methoxy groups -OCH3 is 1. The van der Waals surface area contributed by atoms with Gasteiger partial charge in [0.05, 0.1) is 17.3 Å². The van der Waals surface area contributed by atoms with E-state index in [-0.39, 0.29) is 17.7 Å². The Balaban J connectivity index is 1.84. The number of nitrogens with one attached hydrogen (secondary N) is 2. The quantitative estimate of drug-likeness (QED) is 0.760. The van der Waals surface area contributed by atoms with Gasteiger partial charge in [0.15, 0.2) is 5.13 Å². The van der Waals surface area contributed by atoms with Crippen LogP contribution in [0.15, 0.2) is 36.5 Å². The molecule has 0 aliphatic rings. The molecule has 0 saturated heterocycles. The zero-order valence-electron chi connectivity index (χ0n) is 13.0. The van der Waals surface area contributed by atoms with Crippen LogP contribution in [0.3, 0.4) is 0 Å². The third kappa shape index (κ3) is 3.33. The molecule has 0 unspecified atom stereocenters. The van der Waals surface area contributed by atoms with Gasteiger partial charge in [0.2, 0.25) is 11.8 Å². The van der Waals surface area contributed by atoms with E-state index >= 15 is 0 Å². The number of carbonyl (C=O) groups is 2. The van der Waals surface area contributed by atoms with Crippen LogP contribution >= 0.6 is 11.3 Å². The van der Waals surface area contributed by atoms with E-state index in [0.29, 0.717) is 16.4 Å². The van der Waals surface area contributed by atoms with E-state index in [1.54, 1.807) is 36.5 Å². The molecule has 24 heavy (non-hydrogen) atoms. The van der Waals surface area contributed by atoms with Crippen molar-refractivity contribution in [2.75, 3.05) is 17.7 Å². The van der Waals surface area contributed by atoms with Crippen LogP contribution in [0.4, 0.5) is 10.8 Å².